The van der Waals surface area contributed by atoms with Gasteiger partial charge in [-0.3, -0.25) is 0 Å². The Balaban J connectivity index is 1.70. The number of hydrogen-bond donors (Lipinski definition) is 2. The van der Waals surface area contributed by atoms with Crippen LogP contribution in [-0.4, -0.2) is 54.4 Å². The first-order valence-electron chi connectivity index (χ1n) is 6.76. The topological polar surface area (TPSA) is 53.1 Å². The number of aromatic nitrogens is 2. The summed E-state index contributed by atoms with van der Waals surface area (Å²) in [6, 6.07) is 4.62. The van der Waals surface area contributed by atoms with Gasteiger partial charge in [0.1, 0.15) is 5.82 Å². The molecule has 0 aromatic carbocycles. The highest BCUT2D eigenvalue weighted by Crippen LogP contribution is 2.04. The Morgan fingerprint density at radius 1 is 1.44 bits per heavy atom. The number of nitrogens with zero attached hydrogens (tertiary/aromatic N) is 3. The lowest BCUT2D eigenvalue weighted by atomic mass is 10.1. The van der Waals surface area contributed by atoms with Crippen LogP contribution in [0, 0.1) is 0 Å². The van der Waals surface area contributed by atoms with Gasteiger partial charge in [-0.15, -0.1) is 5.10 Å². The SMILES string of the molecule is CCc1ccc(NCCC2CN(C)CCN2)nn1. The Labute approximate surface area is 109 Å². The van der Waals surface area contributed by atoms with E-state index in [1.807, 2.05) is 12.1 Å². The standard InChI is InChI=1S/C13H23N5/c1-3-11-4-5-13(17-16-11)15-7-6-12-10-18(2)9-8-14-12/h4-5,12,14H,3,6-10H2,1-2H3,(H,15,17). The second-order valence-corrected chi connectivity index (χ2v) is 4.89. The van der Waals surface area contributed by atoms with E-state index in [-0.39, 0.29) is 0 Å². The van der Waals surface area contributed by atoms with Crippen molar-refractivity contribution < 1.29 is 0 Å². The van der Waals surface area contributed by atoms with Crippen LogP contribution in [0.3, 0.4) is 0 Å². The maximum atomic E-state index is 4.16. The van der Waals surface area contributed by atoms with E-state index in [1.54, 1.807) is 0 Å². The van der Waals surface area contributed by atoms with Crippen LogP contribution in [-0.2, 0) is 6.42 Å². The van der Waals surface area contributed by atoms with Gasteiger partial charge in [0.05, 0.1) is 5.69 Å². The number of likely N-dealkylation sites (N-methyl/N-ethyl adjacent to an activating group) is 1. The Morgan fingerprint density at radius 2 is 2.33 bits per heavy atom. The molecule has 0 bridgehead atoms. The molecule has 1 atom stereocenters. The lowest BCUT2D eigenvalue weighted by Crippen LogP contribution is -2.49. The molecule has 1 saturated heterocycles. The van der Waals surface area contributed by atoms with Crippen molar-refractivity contribution in [3.8, 4) is 0 Å². The van der Waals surface area contributed by atoms with Crippen molar-refractivity contribution >= 4 is 5.82 Å². The number of aryl methyl sites for hydroxylation is 1. The molecule has 18 heavy (non-hydrogen) atoms. The highest BCUT2D eigenvalue weighted by Gasteiger charge is 2.15. The molecule has 2 rings (SSSR count). The number of rotatable bonds is 5. The van der Waals surface area contributed by atoms with Gasteiger partial charge in [0.2, 0.25) is 0 Å². The zero-order valence-electron chi connectivity index (χ0n) is 11.3. The Kier molecular flexibility index (Phi) is 4.90. The fourth-order valence-corrected chi connectivity index (χ4v) is 2.20. The number of hydrogen-bond acceptors (Lipinski definition) is 5. The lowest BCUT2D eigenvalue weighted by Gasteiger charge is -2.30. The first-order chi connectivity index (χ1) is 8.78. The van der Waals surface area contributed by atoms with E-state index in [4.69, 9.17) is 0 Å². The molecule has 1 aromatic heterocycles. The zero-order valence-corrected chi connectivity index (χ0v) is 11.3. The molecule has 5 nitrogen and oxygen atoms in total. The third-order valence-corrected chi connectivity index (χ3v) is 3.34. The largest absolute Gasteiger partial charge is 0.369 e. The van der Waals surface area contributed by atoms with Crippen LogP contribution in [0.5, 0.6) is 0 Å². The van der Waals surface area contributed by atoms with Crippen molar-refractivity contribution in [2.45, 2.75) is 25.8 Å². The van der Waals surface area contributed by atoms with Crippen LogP contribution in [0.1, 0.15) is 19.0 Å². The molecule has 2 N–H and O–H groups in total. The van der Waals surface area contributed by atoms with Gasteiger partial charge >= 0.3 is 0 Å². The maximum Gasteiger partial charge on any atom is 0.148 e. The molecule has 1 aliphatic rings. The van der Waals surface area contributed by atoms with E-state index in [0.717, 1.165) is 50.5 Å². The molecule has 0 saturated carbocycles. The predicted octanol–water partition coefficient (Wildman–Crippen LogP) is 0.745. The maximum absolute atomic E-state index is 4.16. The number of nitrogens with one attached hydrogen (secondary N) is 2. The minimum absolute atomic E-state index is 0.583. The van der Waals surface area contributed by atoms with Crippen LogP contribution >= 0.6 is 0 Å². The molecule has 0 amide bonds. The molecule has 1 aliphatic heterocycles. The van der Waals surface area contributed by atoms with Gasteiger partial charge in [-0.2, -0.15) is 5.10 Å². The summed E-state index contributed by atoms with van der Waals surface area (Å²) in [5.74, 6) is 0.872. The minimum Gasteiger partial charge on any atom is -0.369 e. The summed E-state index contributed by atoms with van der Waals surface area (Å²) in [7, 11) is 2.18. The molecule has 0 radical (unpaired) electrons. The highest BCUT2D eigenvalue weighted by molar-refractivity contribution is 5.32. The van der Waals surface area contributed by atoms with E-state index in [0.29, 0.717) is 6.04 Å². The van der Waals surface area contributed by atoms with Crippen LogP contribution in [0.15, 0.2) is 12.1 Å². The number of piperazine rings is 1. The summed E-state index contributed by atoms with van der Waals surface area (Å²) in [5, 5.41) is 15.2. The van der Waals surface area contributed by atoms with Crippen LogP contribution in [0.4, 0.5) is 5.82 Å². The van der Waals surface area contributed by atoms with E-state index < -0.39 is 0 Å². The number of anilines is 1. The van der Waals surface area contributed by atoms with Crippen molar-refractivity contribution in [3.05, 3.63) is 17.8 Å². The van der Waals surface area contributed by atoms with Gasteiger partial charge < -0.3 is 15.5 Å². The van der Waals surface area contributed by atoms with Crippen LogP contribution in [0.2, 0.25) is 0 Å². The van der Waals surface area contributed by atoms with Gasteiger partial charge in [-0.1, -0.05) is 6.92 Å². The molecule has 1 fully saturated rings. The van der Waals surface area contributed by atoms with E-state index in [1.165, 1.54) is 0 Å². The fourth-order valence-electron chi connectivity index (χ4n) is 2.20. The van der Waals surface area contributed by atoms with E-state index in [2.05, 4.69) is 39.7 Å². The fraction of sp³-hybridized carbons (Fsp3) is 0.692. The average molecular weight is 249 g/mol. The smallest absolute Gasteiger partial charge is 0.148 e. The molecular formula is C13H23N5. The summed E-state index contributed by atoms with van der Waals surface area (Å²) < 4.78 is 0. The molecule has 100 valence electrons. The van der Waals surface area contributed by atoms with Crippen molar-refractivity contribution in [2.75, 3.05) is 38.5 Å². The second kappa shape index (κ2) is 6.66. The van der Waals surface area contributed by atoms with Crippen LogP contribution < -0.4 is 10.6 Å². The van der Waals surface area contributed by atoms with Gasteiger partial charge in [0.25, 0.3) is 0 Å². The van der Waals surface area contributed by atoms with Gasteiger partial charge in [-0.05, 0) is 32.0 Å². The summed E-state index contributed by atoms with van der Waals surface area (Å²) in [5.41, 5.74) is 1.04. The van der Waals surface area contributed by atoms with Gasteiger partial charge in [-0.25, -0.2) is 0 Å². The molecule has 2 heterocycles. The summed E-state index contributed by atoms with van der Waals surface area (Å²) in [6.45, 7) is 6.39. The normalized spacial score (nSPS) is 20.9. The molecule has 1 unspecified atom stereocenters. The lowest BCUT2D eigenvalue weighted by molar-refractivity contribution is 0.234. The quantitative estimate of drug-likeness (QED) is 0.806. The van der Waals surface area contributed by atoms with Gasteiger partial charge in [0.15, 0.2) is 0 Å². The third-order valence-electron chi connectivity index (χ3n) is 3.34. The monoisotopic (exact) mass is 249 g/mol. The molecule has 0 aliphatic carbocycles. The Morgan fingerprint density at radius 3 is 3.00 bits per heavy atom. The van der Waals surface area contributed by atoms with Crippen molar-refractivity contribution in [3.63, 3.8) is 0 Å². The van der Waals surface area contributed by atoms with Crippen LogP contribution in [0.25, 0.3) is 0 Å². The summed E-state index contributed by atoms with van der Waals surface area (Å²) in [4.78, 5) is 2.37. The third kappa shape index (κ3) is 3.92. The average Bonchev–Trinajstić information content (AvgIpc) is 2.40. The first kappa shape index (κ1) is 13.2. The molecular weight excluding hydrogens is 226 g/mol. The Hall–Kier alpha value is -1.20. The van der Waals surface area contributed by atoms with Crippen molar-refractivity contribution in [1.29, 1.82) is 0 Å². The summed E-state index contributed by atoms with van der Waals surface area (Å²) in [6.07, 6.45) is 2.05. The highest BCUT2D eigenvalue weighted by atomic mass is 15.2. The molecule has 0 spiro atoms. The van der Waals surface area contributed by atoms with E-state index in [9.17, 15) is 0 Å². The second-order valence-electron chi connectivity index (χ2n) is 4.89. The minimum atomic E-state index is 0.583. The zero-order chi connectivity index (χ0) is 12.8. The van der Waals surface area contributed by atoms with E-state index >= 15 is 0 Å². The molecule has 1 aromatic rings. The predicted molar refractivity (Wildman–Crippen MR) is 73.8 cm³/mol. The first-order valence-corrected chi connectivity index (χ1v) is 6.76. The summed E-state index contributed by atoms with van der Waals surface area (Å²) >= 11 is 0. The van der Waals surface area contributed by atoms with Gasteiger partial charge in [0, 0.05) is 32.2 Å². The van der Waals surface area contributed by atoms with Crippen molar-refractivity contribution in [1.82, 2.24) is 20.4 Å². The Bertz CT molecular complexity index is 351. The van der Waals surface area contributed by atoms with Crippen molar-refractivity contribution in [2.24, 2.45) is 0 Å². The molecule has 5 heteroatoms.